The minimum absolute atomic E-state index is 0.0503. The van der Waals surface area contributed by atoms with Gasteiger partial charge in [0.15, 0.2) is 11.5 Å². The number of thiocarbonyl (C=S) groups is 1. The summed E-state index contributed by atoms with van der Waals surface area (Å²) in [4.78, 5) is 33.3. The molecule has 0 atom stereocenters. The van der Waals surface area contributed by atoms with Gasteiger partial charge in [0.2, 0.25) is 6.79 Å². The standard InChI is InChI=1S/C32H30FN5O4S2/c1-3-10-37-29(36-13-11-35(12-14-36)25-7-5-4-6-24(25)33)22(20(2)23(17-34)30(37)39)16-28-31(40)38(32(43)44-28)18-21-8-9-26-27(15-21)42-19-41-26/h4-9,15-16H,3,10-14,18-19H2,1-2H3/b28-16+. The monoisotopic (exact) mass is 631 g/mol. The average Bonchev–Trinajstić information content (AvgIpc) is 3.60. The summed E-state index contributed by atoms with van der Waals surface area (Å²) in [5, 5.41) is 9.97. The summed E-state index contributed by atoms with van der Waals surface area (Å²) in [5.74, 6) is 1.41. The number of aromatic nitrogens is 1. The highest BCUT2D eigenvalue weighted by molar-refractivity contribution is 8.26. The van der Waals surface area contributed by atoms with Crippen LogP contribution in [0.25, 0.3) is 6.08 Å². The van der Waals surface area contributed by atoms with Crippen LogP contribution in [0.4, 0.5) is 15.9 Å². The van der Waals surface area contributed by atoms with E-state index < -0.39 is 0 Å². The van der Waals surface area contributed by atoms with Crippen molar-refractivity contribution in [2.45, 2.75) is 33.4 Å². The fourth-order valence-corrected chi connectivity index (χ4v) is 7.01. The topological polar surface area (TPSA) is 91.0 Å². The number of hydrogen-bond acceptors (Lipinski definition) is 9. The van der Waals surface area contributed by atoms with Crippen molar-refractivity contribution in [1.29, 1.82) is 5.26 Å². The molecule has 3 aliphatic rings. The molecule has 6 rings (SSSR count). The molecule has 44 heavy (non-hydrogen) atoms. The third-order valence-corrected chi connectivity index (χ3v) is 9.37. The molecule has 2 saturated heterocycles. The van der Waals surface area contributed by atoms with Crippen LogP contribution in [0.15, 0.2) is 52.2 Å². The molecule has 4 heterocycles. The van der Waals surface area contributed by atoms with Crippen molar-refractivity contribution in [1.82, 2.24) is 9.47 Å². The number of para-hydroxylation sites is 1. The van der Waals surface area contributed by atoms with E-state index in [0.29, 0.717) is 82.5 Å². The summed E-state index contributed by atoms with van der Waals surface area (Å²) in [6, 6.07) is 14.3. The first kappa shape index (κ1) is 29.7. The highest BCUT2D eigenvalue weighted by Gasteiger charge is 2.34. The van der Waals surface area contributed by atoms with E-state index >= 15 is 0 Å². The first-order valence-corrected chi connectivity index (χ1v) is 15.6. The number of carbonyl (C=O) groups is 1. The van der Waals surface area contributed by atoms with Gasteiger partial charge in [-0.25, -0.2) is 4.39 Å². The van der Waals surface area contributed by atoms with Crippen molar-refractivity contribution in [2.24, 2.45) is 0 Å². The maximum atomic E-state index is 14.5. The number of amides is 1. The van der Waals surface area contributed by atoms with Gasteiger partial charge in [0.25, 0.3) is 11.5 Å². The summed E-state index contributed by atoms with van der Waals surface area (Å²) in [6.07, 6.45) is 2.44. The first-order valence-electron chi connectivity index (χ1n) is 14.4. The lowest BCUT2D eigenvalue weighted by atomic mass is 10.0. The number of rotatable bonds is 7. The number of thioether (sulfide) groups is 1. The van der Waals surface area contributed by atoms with Crippen LogP contribution in [0, 0.1) is 24.1 Å². The van der Waals surface area contributed by atoms with Crippen molar-refractivity contribution in [2.75, 3.05) is 42.8 Å². The normalized spacial score (nSPS) is 17.1. The fraction of sp³-hybridized carbons (Fsp3) is 0.312. The van der Waals surface area contributed by atoms with E-state index in [1.807, 2.05) is 36.1 Å². The van der Waals surface area contributed by atoms with Gasteiger partial charge >= 0.3 is 0 Å². The van der Waals surface area contributed by atoms with Gasteiger partial charge in [0.05, 0.1) is 17.1 Å². The molecule has 0 unspecified atom stereocenters. The molecular formula is C32H30FN5O4S2. The second-order valence-electron chi connectivity index (χ2n) is 10.7. The number of nitrogens with zero attached hydrogens (tertiary/aromatic N) is 5. The van der Waals surface area contributed by atoms with E-state index in [1.54, 1.807) is 34.6 Å². The van der Waals surface area contributed by atoms with Crippen molar-refractivity contribution >= 4 is 51.8 Å². The Balaban J connectivity index is 1.35. The van der Waals surface area contributed by atoms with Gasteiger partial charge in [0, 0.05) is 38.3 Å². The zero-order valence-electron chi connectivity index (χ0n) is 24.3. The molecule has 0 bridgehead atoms. The zero-order chi connectivity index (χ0) is 31.0. The Morgan fingerprint density at radius 1 is 1.07 bits per heavy atom. The Morgan fingerprint density at radius 2 is 1.80 bits per heavy atom. The van der Waals surface area contributed by atoms with Crippen LogP contribution in [0.5, 0.6) is 11.5 Å². The largest absolute Gasteiger partial charge is 0.454 e. The number of hydrogen-bond donors (Lipinski definition) is 0. The number of benzene rings is 2. The summed E-state index contributed by atoms with van der Waals surface area (Å²) >= 11 is 6.82. The quantitative estimate of drug-likeness (QED) is 0.263. The molecule has 2 fully saturated rings. The number of pyridine rings is 1. The fourth-order valence-electron chi connectivity index (χ4n) is 5.77. The van der Waals surface area contributed by atoms with Gasteiger partial charge in [-0.2, -0.15) is 5.26 Å². The van der Waals surface area contributed by atoms with Crippen molar-refractivity contribution in [3.05, 3.63) is 85.8 Å². The van der Waals surface area contributed by atoms with Gasteiger partial charge in [-0.05, 0) is 54.8 Å². The van der Waals surface area contributed by atoms with Gasteiger partial charge in [0.1, 0.15) is 27.6 Å². The minimum atomic E-state index is -0.356. The van der Waals surface area contributed by atoms with E-state index in [2.05, 4.69) is 11.0 Å². The lowest BCUT2D eigenvalue weighted by molar-refractivity contribution is -0.122. The molecule has 0 N–H and O–H groups in total. The van der Waals surface area contributed by atoms with Crippen molar-refractivity contribution < 1.29 is 18.7 Å². The van der Waals surface area contributed by atoms with Crippen LogP contribution in [0.1, 0.15) is 35.6 Å². The summed E-state index contributed by atoms with van der Waals surface area (Å²) in [5.41, 5.74) is 2.23. The van der Waals surface area contributed by atoms with Gasteiger partial charge in [-0.1, -0.05) is 49.1 Å². The third kappa shape index (κ3) is 5.42. The smallest absolute Gasteiger partial charge is 0.270 e. The van der Waals surface area contributed by atoms with Crippen LogP contribution in [0.2, 0.25) is 0 Å². The molecule has 2 aromatic carbocycles. The van der Waals surface area contributed by atoms with Crippen molar-refractivity contribution in [3.63, 3.8) is 0 Å². The van der Waals surface area contributed by atoms with Crippen LogP contribution in [-0.4, -0.2) is 52.7 Å². The van der Waals surface area contributed by atoms with Crippen LogP contribution in [0.3, 0.4) is 0 Å². The molecule has 0 saturated carbocycles. The van der Waals surface area contributed by atoms with E-state index in [4.69, 9.17) is 21.7 Å². The first-order chi connectivity index (χ1) is 21.3. The molecule has 226 valence electrons. The third-order valence-electron chi connectivity index (χ3n) is 7.99. The Labute approximate surface area is 264 Å². The molecule has 9 nitrogen and oxygen atoms in total. The zero-order valence-corrected chi connectivity index (χ0v) is 26.0. The SMILES string of the molecule is CCCn1c(N2CCN(c3ccccc3F)CC2)c(/C=C2/SC(=S)N(Cc3ccc4c(c3)OCO4)C2=O)c(C)c(C#N)c1=O. The Hall–Kier alpha value is -4.34. The highest BCUT2D eigenvalue weighted by Crippen LogP contribution is 2.38. The van der Waals surface area contributed by atoms with Crippen molar-refractivity contribution in [3.8, 4) is 17.6 Å². The minimum Gasteiger partial charge on any atom is -0.454 e. The Morgan fingerprint density at radius 3 is 2.52 bits per heavy atom. The molecule has 0 radical (unpaired) electrons. The van der Waals surface area contributed by atoms with E-state index in [9.17, 15) is 19.2 Å². The summed E-state index contributed by atoms with van der Waals surface area (Å²) in [6.45, 7) is 6.67. The molecule has 0 aliphatic carbocycles. The molecular weight excluding hydrogens is 602 g/mol. The molecule has 3 aromatic rings. The van der Waals surface area contributed by atoms with Crippen LogP contribution in [-0.2, 0) is 17.9 Å². The van der Waals surface area contributed by atoms with E-state index in [-0.39, 0.29) is 36.2 Å². The maximum Gasteiger partial charge on any atom is 0.270 e. The van der Waals surface area contributed by atoms with Gasteiger partial charge in [-0.3, -0.25) is 19.1 Å². The van der Waals surface area contributed by atoms with Gasteiger partial charge < -0.3 is 19.3 Å². The van der Waals surface area contributed by atoms with Crippen LogP contribution < -0.4 is 24.8 Å². The molecule has 1 amide bonds. The second kappa shape index (κ2) is 12.3. The Kier molecular flexibility index (Phi) is 8.33. The summed E-state index contributed by atoms with van der Waals surface area (Å²) in [7, 11) is 0. The number of nitriles is 1. The molecule has 12 heteroatoms. The predicted octanol–water partition coefficient (Wildman–Crippen LogP) is 5.03. The number of piperazine rings is 1. The average molecular weight is 632 g/mol. The van der Waals surface area contributed by atoms with E-state index in [1.165, 1.54) is 17.8 Å². The van der Waals surface area contributed by atoms with Crippen LogP contribution >= 0.6 is 24.0 Å². The second-order valence-corrected chi connectivity index (χ2v) is 12.4. The molecule has 1 aromatic heterocycles. The number of carbonyl (C=O) groups excluding carboxylic acids is 1. The number of halogens is 1. The number of anilines is 2. The lowest BCUT2D eigenvalue weighted by Gasteiger charge is -2.39. The maximum absolute atomic E-state index is 14.5. The predicted molar refractivity (Wildman–Crippen MR) is 173 cm³/mol. The Bertz CT molecular complexity index is 1790. The lowest BCUT2D eigenvalue weighted by Crippen LogP contribution is -2.49. The van der Waals surface area contributed by atoms with Gasteiger partial charge in [-0.15, -0.1) is 0 Å². The summed E-state index contributed by atoms with van der Waals surface area (Å²) < 4.78 is 27.5. The number of fused-ring (bicyclic) bond motifs is 1. The molecule has 0 spiro atoms. The highest BCUT2D eigenvalue weighted by atomic mass is 32.2. The molecule has 3 aliphatic heterocycles. The number of ether oxygens (including phenoxy) is 2. The van der Waals surface area contributed by atoms with E-state index in [0.717, 1.165) is 5.56 Å².